The standard InChI is InChI=1S/C14H19NO3/c1-16-8-4-7-15-10-12-9-11-5-3-6-13(17-2)14(11)18-12/h3,5-6,9,15H,4,7-8,10H2,1-2H3. The number of nitrogens with one attached hydrogen (secondary N) is 1. The highest BCUT2D eigenvalue weighted by Crippen LogP contribution is 2.28. The Morgan fingerprint density at radius 2 is 2.17 bits per heavy atom. The SMILES string of the molecule is COCCCNCc1cc2cccc(OC)c2o1. The van der Waals surface area contributed by atoms with E-state index >= 15 is 0 Å². The smallest absolute Gasteiger partial charge is 0.176 e. The predicted octanol–water partition coefficient (Wildman–Crippen LogP) is 2.57. The van der Waals surface area contributed by atoms with Gasteiger partial charge in [-0.1, -0.05) is 12.1 Å². The molecule has 4 nitrogen and oxygen atoms in total. The van der Waals surface area contributed by atoms with Gasteiger partial charge < -0.3 is 19.2 Å². The third-order valence-electron chi connectivity index (χ3n) is 2.78. The van der Waals surface area contributed by atoms with Gasteiger partial charge in [0.25, 0.3) is 0 Å². The van der Waals surface area contributed by atoms with E-state index < -0.39 is 0 Å². The molecule has 2 aromatic rings. The molecule has 0 radical (unpaired) electrons. The van der Waals surface area contributed by atoms with Gasteiger partial charge in [0, 0.05) is 19.1 Å². The largest absolute Gasteiger partial charge is 0.493 e. The molecule has 18 heavy (non-hydrogen) atoms. The molecule has 1 aromatic carbocycles. The Balaban J connectivity index is 1.97. The Morgan fingerprint density at radius 3 is 2.94 bits per heavy atom. The summed E-state index contributed by atoms with van der Waals surface area (Å²) in [4.78, 5) is 0. The van der Waals surface area contributed by atoms with Crippen molar-refractivity contribution < 1.29 is 13.9 Å². The van der Waals surface area contributed by atoms with Crippen LogP contribution in [0.25, 0.3) is 11.0 Å². The Labute approximate surface area is 107 Å². The molecule has 1 aromatic heterocycles. The number of para-hydroxylation sites is 1. The van der Waals surface area contributed by atoms with Crippen LogP contribution in [-0.4, -0.2) is 27.4 Å². The quantitative estimate of drug-likeness (QED) is 0.766. The number of benzene rings is 1. The van der Waals surface area contributed by atoms with Crippen molar-refractivity contribution >= 4 is 11.0 Å². The molecule has 0 atom stereocenters. The van der Waals surface area contributed by atoms with Gasteiger partial charge >= 0.3 is 0 Å². The number of methoxy groups -OCH3 is 2. The van der Waals surface area contributed by atoms with Gasteiger partial charge in [-0.2, -0.15) is 0 Å². The van der Waals surface area contributed by atoms with Crippen molar-refractivity contribution in [2.45, 2.75) is 13.0 Å². The van der Waals surface area contributed by atoms with E-state index in [-0.39, 0.29) is 0 Å². The summed E-state index contributed by atoms with van der Waals surface area (Å²) < 4.78 is 16.0. The van der Waals surface area contributed by atoms with Gasteiger partial charge in [0.1, 0.15) is 5.76 Å². The predicted molar refractivity (Wildman–Crippen MR) is 71.0 cm³/mol. The van der Waals surface area contributed by atoms with Crippen molar-refractivity contribution in [3.8, 4) is 5.75 Å². The van der Waals surface area contributed by atoms with E-state index in [0.29, 0.717) is 0 Å². The topological polar surface area (TPSA) is 43.6 Å². The van der Waals surface area contributed by atoms with Crippen LogP contribution in [0.4, 0.5) is 0 Å². The van der Waals surface area contributed by atoms with Crippen molar-refractivity contribution in [1.82, 2.24) is 5.32 Å². The molecule has 1 heterocycles. The van der Waals surface area contributed by atoms with Gasteiger partial charge in [0.2, 0.25) is 0 Å². The number of ether oxygens (including phenoxy) is 2. The van der Waals surface area contributed by atoms with Crippen LogP contribution in [0, 0.1) is 0 Å². The molecule has 4 heteroatoms. The fraction of sp³-hybridized carbons (Fsp3) is 0.429. The summed E-state index contributed by atoms with van der Waals surface area (Å²) in [7, 11) is 3.37. The van der Waals surface area contributed by atoms with Gasteiger partial charge in [-0.3, -0.25) is 0 Å². The molecule has 98 valence electrons. The molecule has 0 spiro atoms. The monoisotopic (exact) mass is 249 g/mol. The highest BCUT2D eigenvalue weighted by molar-refractivity contribution is 5.83. The molecule has 0 aliphatic carbocycles. The number of hydrogen-bond donors (Lipinski definition) is 1. The number of hydrogen-bond acceptors (Lipinski definition) is 4. The third-order valence-corrected chi connectivity index (χ3v) is 2.78. The molecule has 0 unspecified atom stereocenters. The van der Waals surface area contributed by atoms with Crippen molar-refractivity contribution in [1.29, 1.82) is 0 Å². The molecule has 0 fully saturated rings. The lowest BCUT2D eigenvalue weighted by Gasteiger charge is -2.01. The fourth-order valence-corrected chi connectivity index (χ4v) is 1.89. The third kappa shape index (κ3) is 3.03. The highest BCUT2D eigenvalue weighted by atomic mass is 16.5. The molecule has 0 amide bonds. The second kappa shape index (κ2) is 6.42. The van der Waals surface area contributed by atoms with Gasteiger partial charge in [-0.05, 0) is 25.1 Å². The maximum Gasteiger partial charge on any atom is 0.176 e. The van der Waals surface area contributed by atoms with E-state index in [2.05, 4.69) is 5.32 Å². The zero-order valence-corrected chi connectivity index (χ0v) is 10.9. The Hall–Kier alpha value is -1.52. The van der Waals surface area contributed by atoms with Gasteiger partial charge in [-0.25, -0.2) is 0 Å². The number of rotatable bonds is 7. The van der Waals surface area contributed by atoms with Gasteiger partial charge in [-0.15, -0.1) is 0 Å². The van der Waals surface area contributed by atoms with Crippen molar-refractivity contribution in [3.05, 3.63) is 30.0 Å². The van der Waals surface area contributed by atoms with Crippen LogP contribution in [0.3, 0.4) is 0 Å². The second-order valence-electron chi connectivity index (χ2n) is 4.11. The average Bonchev–Trinajstić information content (AvgIpc) is 2.81. The summed E-state index contributed by atoms with van der Waals surface area (Å²) in [5.41, 5.74) is 0.814. The zero-order valence-electron chi connectivity index (χ0n) is 10.9. The fourth-order valence-electron chi connectivity index (χ4n) is 1.89. The Kier molecular flexibility index (Phi) is 4.61. The summed E-state index contributed by atoms with van der Waals surface area (Å²) in [6.07, 6.45) is 1.00. The number of furan rings is 1. The molecule has 0 bridgehead atoms. The minimum Gasteiger partial charge on any atom is -0.493 e. The second-order valence-corrected chi connectivity index (χ2v) is 4.11. The zero-order chi connectivity index (χ0) is 12.8. The minimum atomic E-state index is 0.724. The molecule has 1 N–H and O–H groups in total. The van der Waals surface area contributed by atoms with E-state index in [1.807, 2.05) is 24.3 Å². The van der Waals surface area contributed by atoms with Crippen LogP contribution in [0.1, 0.15) is 12.2 Å². The summed E-state index contributed by atoms with van der Waals surface area (Å²) >= 11 is 0. The first-order chi connectivity index (χ1) is 8.85. The maximum absolute atomic E-state index is 5.78. The van der Waals surface area contributed by atoms with E-state index in [0.717, 1.165) is 48.6 Å². The molecule has 0 saturated heterocycles. The summed E-state index contributed by atoms with van der Waals surface area (Å²) in [6.45, 7) is 2.42. The van der Waals surface area contributed by atoms with Crippen LogP contribution in [0.2, 0.25) is 0 Å². The van der Waals surface area contributed by atoms with E-state index in [4.69, 9.17) is 13.9 Å². The van der Waals surface area contributed by atoms with Crippen LogP contribution in [0.15, 0.2) is 28.7 Å². The first-order valence-corrected chi connectivity index (χ1v) is 6.10. The molecule has 2 rings (SSSR count). The van der Waals surface area contributed by atoms with Crippen LogP contribution in [0.5, 0.6) is 5.75 Å². The Bertz CT molecular complexity index is 493. The normalized spacial score (nSPS) is 11.0. The van der Waals surface area contributed by atoms with Crippen LogP contribution in [-0.2, 0) is 11.3 Å². The van der Waals surface area contributed by atoms with Crippen LogP contribution < -0.4 is 10.1 Å². The van der Waals surface area contributed by atoms with E-state index in [1.165, 1.54) is 0 Å². The maximum atomic E-state index is 5.78. The highest BCUT2D eigenvalue weighted by Gasteiger charge is 2.07. The lowest BCUT2D eigenvalue weighted by molar-refractivity contribution is 0.194. The lowest BCUT2D eigenvalue weighted by Crippen LogP contribution is -2.15. The molecule has 0 saturated carbocycles. The number of fused-ring (bicyclic) bond motifs is 1. The van der Waals surface area contributed by atoms with Crippen molar-refractivity contribution in [3.63, 3.8) is 0 Å². The molecular weight excluding hydrogens is 230 g/mol. The van der Waals surface area contributed by atoms with Crippen molar-refractivity contribution in [2.24, 2.45) is 0 Å². The minimum absolute atomic E-state index is 0.724. The first-order valence-electron chi connectivity index (χ1n) is 6.10. The van der Waals surface area contributed by atoms with Crippen molar-refractivity contribution in [2.75, 3.05) is 27.4 Å². The molecule has 0 aliphatic rings. The molecule has 0 aliphatic heterocycles. The average molecular weight is 249 g/mol. The lowest BCUT2D eigenvalue weighted by atomic mass is 10.2. The van der Waals surface area contributed by atoms with E-state index in [9.17, 15) is 0 Å². The summed E-state index contributed by atoms with van der Waals surface area (Å²) in [5.74, 6) is 1.70. The van der Waals surface area contributed by atoms with Gasteiger partial charge in [0.05, 0.1) is 13.7 Å². The summed E-state index contributed by atoms with van der Waals surface area (Å²) in [5, 5.41) is 4.39. The van der Waals surface area contributed by atoms with Gasteiger partial charge in [0.15, 0.2) is 11.3 Å². The Morgan fingerprint density at radius 1 is 1.28 bits per heavy atom. The summed E-state index contributed by atoms with van der Waals surface area (Å²) in [6, 6.07) is 7.94. The molecular formula is C14H19NO3. The van der Waals surface area contributed by atoms with Crippen LogP contribution >= 0.6 is 0 Å². The first kappa shape index (κ1) is 12.9. The van der Waals surface area contributed by atoms with E-state index in [1.54, 1.807) is 14.2 Å².